The number of aryl methyl sites for hydroxylation is 3. The lowest BCUT2D eigenvalue weighted by molar-refractivity contribution is 0.0920. The SMILES string of the molecule is C=CCn1c(C)cc(C(=O)COc2ccc(C)c(C)c2)c1C. The van der Waals surface area contributed by atoms with E-state index in [0.717, 1.165) is 28.3 Å². The second kappa shape index (κ2) is 6.65. The number of hydrogen-bond donors (Lipinski definition) is 0. The quantitative estimate of drug-likeness (QED) is 0.592. The van der Waals surface area contributed by atoms with Gasteiger partial charge in [-0.05, 0) is 57.0 Å². The van der Waals surface area contributed by atoms with Crippen LogP contribution in [0.5, 0.6) is 5.75 Å². The number of Topliss-reactive ketones (excluding diaryl/α,β-unsaturated/α-hetero) is 1. The molecule has 0 amide bonds. The molecule has 0 radical (unpaired) electrons. The predicted molar refractivity (Wildman–Crippen MR) is 89.8 cm³/mol. The summed E-state index contributed by atoms with van der Waals surface area (Å²) in [6.07, 6.45) is 1.83. The lowest BCUT2D eigenvalue weighted by Gasteiger charge is -2.08. The van der Waals surface area contributed by atoms with Gasteiger partial charge in [0.2, 0.25) is 5.78 Å². The summed E-state index contributed by atoms with van der Waals surface area (Å²) < 4.78 is 7.72. The van der Waals surface area contributed by atoms with Crippen molar-refractivity contribution in [3.8, 4) is 5.75 Å². The third-order valence-corrected chi connectivity index (χ3v) is 4.03. The maximum absolute atomic E-state index is 12.4. The van der Waals surface area contributed by atoms with Gasteiger partial charge < -0.3 is 9.30 Å². The number of allylic oxidation sites excluding steroid dienone is 1. The molecule has 0 fully saturated rings. The van der Waals surface area contributed by atoms with Crippen molar-refractivity contribution in [3.63, 3.8) is 0 Å². The zero-order valence-corrected chi connectivity index (χ0v) is 13.8. The number of hydrogen-bond acceptors (Lipinski definition) is 2. The number of carbonyl (C=O) groups excluding carboxylic acids is 1. The third kappa shape index (κ3) is 3.30. The van der Waals surface area contributed by atoms with E-state index in [1.54, 1.807) is 0 Å². The summed E-state index contributed by atoms with van der Waals surface area (Å²) in [6.45, 7) is 12.6. The molecular formula is C19H23NO2. The lowest BCUT2D eigenvalue weighted by Crippen LogP contribution is -2.13. The first-order valence-electron chi connectivity index (χ1n) is 7.45. The fraction of sp³-hybridized carbons (Fsp3) is 0.316. The first-order chi connectivity index (χ1) is 10.4. The smallest absolute Gasteiger partial charge is 0.202 e. The van der Waals surface area contributed by atoms with Gasteiger partial charge in [0.05, 0.1) is 0 Å². The normalized spacial score (nSPS) is 10.5. The van der Waals surface area contributed by atoms with Crippen LogP contribution in [0.25, 0.3) is 0 Å². The molecule has 0 N–H and O–H groups in total. The van der Waals surface area contributed by atoms with Crippen molar-refractivity contribution in [2.75, 3.05) is 6.61 Å². The minimum atomic E-state index is 0.00152. The summed E-state index contributed by atoms with van der Waals surface area (Å²) >= 11 is 0. The van der Waals surface area contributed by atoms with Crippen LogP contribution < -0.4 is 4.74 Å². The Morgan fingerprint density at radius 2 is 1.91 bits per heavy atom. The van der Waals surface area contributed by atoms with Crippen LogP contribution in [0.3, 0.4) is 0 Å². The Morgan fingerprint density at radius 1 is 1.18 bits per heavy atom. The molecule has 116 valence electrons. The average Bonchev–Trinajstić information content (AvgIpc) is 2.77. The summed E-state index contributed by atoms with van der Waals surface area (Å²) in [5.41, 5.74) is 5.13. The predicted octanol–water partition coefficient (Wildman–Crippen LogP) is 4.17. The molecule has 0 aliphatic rings. The summed E-state index contributed by atoms with van der Waals surface area (Å²) in [4.78, 5) is 12.4. The highest BCUT2D eigenvalue weighted by Crippen LogP contribution is 2.19. The van der Waals surface area contributed by atoms with Crippen molar-refractivity contribution in [1.82, 2.24) is 4.57 Å². The van der Waals surface area contributed by atoms with Crippen LogP contribution in [-0.2, 0) is 6.54 Å². The number of nitrogens with zero attached hydrogens (tertiary/aromatic N) is 1. The lowest BCUT2D eigenvalue weighted by atomic mass is 10.1. The Balaban J connectivity index is 2.11. The van der Waals surface area contributed by atoms with Crippen molar-refractivity contribution in [1.29, 1.82) is 0 Å². The first kappa shape index (κ1) is 16.1. The van der Waals surface area contributed by atoms with Crippen LogP contribution in [0.4, 0.5) is 0 Å². The Morgan fingerprint density at radius 3 is 2.55 bits per heavy atom. The topological polar surface area (TPSA) is 31.2 Å². The van der Waals surface area contributed by atoms with Crippen LogP contribution in [0.2, 0.25) is 0 Å². The minimum Gasteiger partial charge on any atom is -0.485 e. The highest BCUT2D eigenvalue weighted by atomic mass is 16.5. The van der Waals surface area contributed by atoms with E-state index in [1.807, 2.05) is 51.1 Å². The van der Waals surface area contributed by atoms with Gasteiger partial charge in [0.1, 0.15) is 5.75 Å². The van der Waals surface area contributed by atoms with E-state index >= 15 is 0 Å². The van der Waals surface area contributed by atoms with Gasteiger partial charge in [-0.2, -0.15) is 0 Å². The molecule has 3 nitrogen and oxygen atoms in total. The molecule has 1 aromatic heterocycles. The van der Waals surface area contributed by atoms with Crippen LogP contribution in [0.1, 0.15) is 32.9 Å². The molecule has 0 atom stereocenters. The van der Waals surface area contributed by atoms with Crippen molar-refractivity contribution < 1.29 is 9.53 Å². The van der Waals surface area contributed by atoms with Crippen molar-refractivity contribution in [2.45, 2.75) is 34.2 Å². The van der Waals surface area contributed by atoms with E-state index in [4.69, 9.17) is 4.74 Å². The summed E-state index contributed by atoms with van der Waals surface area (Å²) in [7, 11) is 0. The van der Waals surface area contributed by atoms with Gasteiger partial charge in [-0.15, -0.1) is 6.58 Å². The highest BCUT2D eigenvalue weighted by molar-refractivity contribution is 5.98. The Bertz CT molecular complexity index is 710. The van der Waals surface area contributed by atoms with Crippen LogP contribution in [0.15, 0.2) is 36.9 Å². The largest absolute Gasteiger partial charge is 0.485 e. The first-order valence-corrected chi connectivity index (χ1v) is 7.45. The van der Waals surface area contributed by atoms with Crippen molar-refractivity contribution in [3.05, 3.63) is 65.0 Å². The summed E-state index contributed by atoms with van der Waals surface area (Å²) in [6, 6.07) is 7.79. The maximum Gasteiger partial charge on any atom is 0.202 e. The van der Waals surface area contributed by atoms with E-state index in [9.17, 15) is 4.79 Å². The van der Waals surface area contributed by atoms with Gasteiger partial charge in [-0.3, -0.25) is 4.79 Å². The molecule has 1 aromatic carbocycles. The monoisotopic (exact) mass is 297 g/mol. The van der Waals surface area contributed by atoms with Gasteiger partial charge >= 0.3 is 0 Å². The van der Waals surface area contributed by atoms with Gasteiger partial charge in [0.15, 0.2) is 6.61 Å². The summed E-state index contributed by atoms with van der Waals surface area (Å²) in [5.74, 6) is 0.734. The second-order valence-electron chi connectivity index (χ2n) is 5.64. The molecule has 22 heavy (non-hydrogen) atoms. The van der Waals surface area contributed by atoms with E-state index in [0.29, 0.717) is 6.54 Å². The fourth-order valence-electron chi connectivity index (χ4n) is 2.52. The van der Waals surface area contributed by atoms with Gasteiger partial charge in [-0.1, -0.05) is 12.1 Å². The zero-order chi connectivity index (χ0) is 16.3. The molecule has 2 rings (SSSR count). The maximum atomic E-state index is 12.4. The molecule has 3 heteroatoms. The number of benzene rings is 1. The number of aromatic nitrogens is 1. The highest BCUT2D eigenvalue weighted by Gasteiger charge is 2.15. The Labute approximate surface area is 132 Å². The van der Waals surface area contributed by atoms with Crippen molar-refractivity contribution >= 4 is 5.78 Å². The van der Waals surface area contributed by atoms with Crippen LogP contribution in [-0.4, -0.2) is 17.0 Å². The number of ether oxygens (including phenoxy) is 1. The molecule has 2 aromatic rings. The van der Waals surface area contributed by atoms with Crippen LogP contribution in [0, 0.1) is 27.7 Å². The van der Waals surface area contributed by atoms with E-state index < -0.39 is 0 Å². The third-order valence-electron chi connectivity index (χ3n) is 4.03. The Hall–Kier alpha value is -2.29. The second-order valence-corrected chi connectivity index (χ2v) is 5.64. The molecule has 0 saturated heterocycles. The molecule has 1 heterocycles. The van der Waals surface area contributed by atoms with E-state index in [1.165, 1.54) is 5.56 Å². The van der Waals surface area contributed by atoms with Crippen LogP contribution >= 0.6 is 0 Å². The average molecular weight is 297 g/mol. The molecule has 0 saturated carbocycles. The molecule has 0 unspecified atom stereocenters. The number of ketones is 1. The minimum absolute atomic E-state index is 0.00152. The van der Waals surface area contributed by atoms with E-state index in [-0.39, 0.29) is 12.4 Å². The zero-order valence-electron chi connectivity index (χ0n) is 13.8. The van der Waals surface area contributed by atoms with Gasteiger partial charge in [0, 0.05) is 23.5 Å². The van der Waals surface area contributed by atoms with E-state index in [2.05, 4.69) is 18.1 Å². The number of rotatable bonds is 6. The molecule has 0 aliphatic carbocycles. The summed E-state index contributed by atoms with van der Waals surface area (Å²) in [5, 5.41) is 0. The van der Waals surface area contributed by atoms with Gasteiger partial charge in [0.25, 0.3) is 0 Å². The molecule has 0 aliphatic heterocycles. The number of carbonyl (C=O) groups is 1. The molecular weight excluding hydrogens is 274 g/mol. The van der Waals surface area contributed by atoms with Crippen molar-refractivity contribution in [2.24, 2.45) is 0 Å². The fourth-order valence-corrected chi connectivity index (χ4v) is 2.52. The Kier molecular flexibility index (Phi) is 4.86. The van der Waals surface area contributed by atoms with Gasteiger partial charge in [-0.25, -0.2) is 0 Å². The standard InChI is InChI=1S/C19H23NO2/c1-6-9-20-15(4)11-18(16(20)5)19(21)12-22-17-8-7-13(2)14(3)10-17/h6-8,10-11H,1,9,12H2,2-5H3. The molecule has 0 spiro atoms. The molecule has 0 bridgehead atoms.